The summed E-state index contributed by atoms with van der Waals surface area (Å²) in [6.07, 6.45) is 1.89. The second kappa shape index (κ2) is 6.17. The Kier molecular flexibility index (Phi) is 4.70. The van der Waals surface area contributed by atoms with E-state index in [4.69, 9.17) is 10.2 Å². The van der Waals surface area contributed by atoms with Crippen LogP contribution in [0.1, 0.15) is 30.3 Å². The first-order valence-electron chi connectivity index (χ1n) is 6.93. The van der Waals surface area contributed by atoms with Gasteiger partial charge in [-0.05, 0) is 44.9 Å². The second-order valence-corrected chi connectivity index (χ2v) is 7.16. The lowest BCUT2D eigenvalue weighted by Gasteiger charge is -2.34. The molecule has 1 saturated heterocycles. The van der Waals surface area contributed by atoms with Crippen molar-refractivity contribution in [2.75, 3.05) is 20.1 Å². The zero-order chi connectivity index (χ0) is 15.6. The third-order valence-electron chi connectivity index (χ3n) is 3.81. The van der Waals surface area contributed by atoms with Crippen LogP contribution >= 0.6 is 0 Å². The maximum Gasteiger partial charge on any atom is 0.289 e. The van der Waals surface area contributed by atoms with Crippen LogP contribution in [-0.4, -0.2) is 45.4 Å². The Hall–Kier alpha value is -1.38. The fourth-order valence-corrected chi connectivity index (χ4v) is 3.11. The molecular weight excluding hydrogens is 294 g/mol. The van der Waals surface area contributed by atoms with Gasteiger partial charge in [0.2, 0.25) is 5.09 Å². The first-order valence-corrected chi connectivity index (χ1v) is 8.41. The highest BCUT2D eigenvalue weighted by molar-refractivity contribution is 7.89. The van der Waals surface area contributed by atoms with Crippen molar-refractivity contribution in [3.8, 4) is 0 Å². The summed E-state index contributed by atoms with van der Waals surface area (Å²) in [7, 11) is -2.38. The molecule has 0 aliphatic carbocycles. The summed E-state index contributed by atoms with van der Waals surface area (Å²) in [5.74, 6) is 0.00484. The predicted molar refractivity (Wildman–Crippen MR) is 77.2 cm³/mol. The van der Waals surface area contributed by atoms with Crippen LogP contribution in [0, 0.1) is 5.92 Å². The molecule has 8 heteroatoms. The summed E-state index contributed by atoms with van der Waals surface area (Å²) < 4.78 is 30.5. The van der Waals surface area contributed by atoms with Crippen molar-refractivity contribution in [1.82, 2.24) is 9.62 Å². The Morgan fingerprint density at radius 3 is 2.86 bits per heavy atom. The molecule has 0 saturated carbocycles. The summed E-state index contributed by atoms with van der Waals surface area (Å²) >= 11 is 0. The number of amides is 1. The summed E-state index contributed by atoms with van der Waals surface area (Å²) in [5, 5.41) is -0.255. The largest absolute Gasteiger partial charge is 0.438 e. The van der Waals surface area contributed by atoms with Gasteiger partial charge in [-0.2, -0.15) is 0 Å². The van der Waals surface area contributed by atoms with Crippen molar-refractivity contribution >= 4 is 15.9 Å². The number of carbonyl (C=O) groups is 1. The molecule has 1 amide bonds. The van der Waals surface area contributed by atoms with Crippen LogP contribution in [0.3, 0.4) is 0 Å². The van der Waals surface area contributed by atoms with E-state index in [1.807, 2.05) is 6.92 Å². The molecule has 2 unspecified atom stereocenters. The van der Waals surface area contributed by atoms with Crippen molar-refractivity contribution in [1.29, 1.82) is 0 Å². The van der Waals surface area contributed by atoms with Gasteiger partial charge in [0.1, 0.15) is 0 Å². The Balaban J connectivity index is 2.13. The summed E-state index contributed by atoms with van der Waals surface area (Å²) in [6, 6.07) is 2.70. The van der Waals surface area contributed by atoms with Crippen LogP contribution in [0.2, 0.25) is 0 Å². The summed E-state index contributed by atoms with van der Waals surface area (Å²) in [5.41, 5.74) is 5.90. The van der Waals surface area contributed by atoms with E-state index in [0.717, 1.165) is 12.8 Å². The Morgan fingerprint density at radius 2 is 2.24 bits per heavy atom. The molecule has 1 aliphatic heterocycles. The van der Waals surface area contributed by atoms with E-state index < -0.39 is 10.0 Å². The number of piperidine rings is 1. The Morgan fingerprint density at radius 1 is 1.52 bits per heavy atom. The van der Waals surface area contributed by atoms with E-state index in [-0.39, 0.29) is 28.7 Å². The standard InChI is InChI=1S/C13H21N3O4S/c1-9(14)10-4-3-7-16(8-10)13(17)11-5-6-12(20-11)21(18,19)15-2/h5-6,9-10,15H,3-4,7-8,14H2,1-2H3. The zero-order valence-electron chi connectivity index (χ0n) is 12.2. The molecule has 2 atom stereocenters. The molecule has 3 N–H and O–H groups in total. The lowest BCUT2D eigenvalue weighted by Crippen LogP contribution is -2.44. The number of carbonyl (C=O) groups excluding carboxylic acids is 1. The summed E-state index contributed by atoms with van der Waals surface area (Å²) in [6.45, 7) is 3.14. The highest BCUT2D eigenvalue weighted by Gasteiger charge is 2.29. The minimum atomic E-state index is -3.67. The number of nitrogens with zero attached hydrogens (tertiary/aromatic N) is 1. The Bertz CT molecular complexity index is 609. The number of hydrogen-bond acceptors (Lipinski definition) is 5. The minimum Gasteiger partial charge on any atom is -0.438 e. The molecule has 21 heavy (non-hydrogen) atoms. The van der Waals surface area contributed by atoms with E-state index in [2.05, 4.69) is 4.72 Å². The molecule has 0 spiro atoms. The third-order valence-corrected chi connectivity index (χ3v) is 5.10. The molecule has 118 valence electrons. The zero-order valence-corrected chi connectivity index (χ0v) is 13.0. The average molecular weight is 315 g/mol. The van der Waals surface area contributed by atoms with Gasteiger partial charge >= 0.3 is 0 Å². The van der Waals surface area contributed by atoms with Gasteiger partial charge in [-0.3, -0.25) is 4.79 Å². The lowest BCUT2D eigenvalue weighted by atomic mass is 9.92. The minimum absolute atomic E-state index is 0.0254. The van der Waals surface area contributed by atoms with Gasteiger partial charge in [0.25, 0.3) is 15.9 Å². The fourth-order valence-electron chi connectivity index (χ4n) is 2.46. The van der Waals surface area contributed by atoms with Crippen LogP contribution < -0.4 is 10.5 Å². The van der Waals surface area contributed by atoms with E-state index in [9.17, 15) is 13.2 Å². The normalized spacial score (nSPS) is 21.3. The number of likely N-dealkylation sites (tertiary alicyclic amines) is 1. The second-order valence-electron chi connectivity index (χ2n) is 5.34. The number of nitrogens with two attached hydrogens (primary N) is 1. The molecule has 0 bridgehead atoms. The molecule has 2 heterocycles. The fraction of sp³-hybridized carbons (Fsp3) is 0.615. The first-order chi connectivity index (χ1) is 9.85. The molecule has 7 nitrogen and oxygen atoms in total. The van der Waals surface area contributed by atoms with E-state index >= 15 is 0 Å². The highest BCUT2D eigenvalue weighted by atomic mass is 32.2. The van der Waals surface area contributed by atoms with Gasteiger partial charge in [-0.15, -0.1) is 0 Å². The van der Waals surface area contributed by atoms with Crippen LogP contribution in [-0.2, 0) is 10.0 Å². The maximum absolute atomic E-state index is 12.4. The number of nitrogens with one attached hydrogen (secondary N) is 1. The van der Waals surface area contributed by atoms with Crippen LogP contribution in [0.25, 0.3) is 0 Å². The number of furan rings is 1. The Labute approximate surface area is 124 Å². The lowest BCUT2D eigenvalue weighted by molar-refractivity contribution is 0.0623. The molecule has 1 fully saturated rings. The van der Waals surface area contributed by atoms with Crippen LogP contribution in [0.15, 0.2) is 21.6 Å². The molecule has 2 rings (SSSR count). The number of rotatable bonds is 4. The van der Waals surface area contributed by atoms with Crippen LogP contribution in [0.5, 0.6) is 0 Å². The van der Waals surface area contributed by atoms with E-state index in [0.29, 0.717) is 13.1 Å². The van der Waals surface area contributed by atoms with Crippen LogP contribution in [0.4, 0.5) is 0 Å². The molecular formula is C13H21N3O4S. The first kappa shape index (κ1) is 16.0. The van der Waals surface area contributed by atoms with Gasteiger partial charge in [-0.25, -0.2) is 13.1 Å². The highest BCUT2D eigenvalue weighted by Crippen LogP contribution is 2.22. The molecule has 1 aliphatic rings. The average Bonchev–Trinajstić information content (AvgIpc) is 2.97. The van der Waals surface area contributed by atoms with Crippen molar-refractivity contribution in [2.45, 2.75) is 30.9 Å². The van der Waals surface area contributed by atoms with E-state index in [1.165, 1.54) is 19.2 Å². The molecule has 0 aromatic carbocycles. The maximum atomic E-state index is 12.4. The van der Waals surface area contributed by atoms with Gasteiger partial charge < -0.3 is 15.1 Å². The smallest absolute Gasteiger partial charge is 0.289 e. The SMILES string of the molecule is CNS(=O)(=O)c1ccc(C(=O)N2CCCC(C(C)N)C2)o1. The van der Waals surface area contributed by atoms with Gasteiger partial charge in [-0.1, -0.05) is 0 Å². The topological polar surface area (TPSA) is 106 Å². The van der Waals surface area contributed by atoms with Gasteiger partial charge in [0.05, 0.1) is 0 Å². The van der Waals surface area contributed by atoms with Crippen molar-refractivity contribution in [3.05, 3.63) is 17.9 Å². The summed E-state index contributed by atoms with van der Waals surface area (Å²) in [4.78, 5) is 14.0. The molecule has 0 radical (unpaired) electrons. The van der Waals surface area contributed by atoms with Crippen molar-refractivity contribution in [2.24, 2.45) is 11.7 Å². The van der Waals surface area contributed by atoms with Crippen molar-refractivity contribution < 1.29 is 17.6 Å². The third kappa shape index (κ3) is 3.45. The number of sulfonamides is 1. The van der Waals surface area contributed by atoms with Crippen molar-refractivity contribution in [3.63, 3.8) is 0 Å². The molecule has 1 aromatic heterocycles. The van der Waals surface area contributed by atoms with E-state index in [1.54, 1.807) is 4.90 Å². The molecule has 1 aromatic rings. The monoisotopic (exact) mass is 315 g/mol. The predicted octanol–water partition coefficient (Wildman–Crippen LogP) is 0.387. The number of hydrogen-bond donors (Lipinski definition) is 2. The quantitative estimate of drug-likeness (QED) is 0.836. The van der Waals surface area contributed by atoms with Gasteiger partial charge in [0.15, 0.2) is 5.76 Å². The van der Waals surface area contributed by atoms with Gasteiger partial charge in [0, 0.05) is 19.1 Å².